The van der Waals surface area contributed by atoms with E-state index in [1.807, 2.05) is 0 Å². The number of nitro groups is 1. The van der Waals surface area contributed by atoms with Gasteiger partial charge in [-0.1, -0.05) is 0 Å². The van der Waals surface area contributed by atoms with E-state index in [1.54, 1.807) is 0 Å². The number of halogens is 1. The van der Waals surface area contributed by atoms with E-state index in [1.165, 1.54) is 37.4 Å². The van der Waals surface area contributed by atoms with Gasteiger partial charge < -0.3 is 15.4 Å². The minimum absolute atomic E-state index is 0.120. The molecule has 130 valence electrons. The van der Waals surface area contributed by atoms with Crippen LogP contribution in [0.25, 0.3) is 0 Å². The van der Waals surface area contributed by atoms with E-state index in [0.717, 1.165) is 12.1 Å². The van der Waals surface area contributed by atoms with Gasteiger partial charge in [0.25, 0.3) is 11.6 Å². The van der Waals surface area contributed by atoms with Crippen LogP contribution in [0.3, 0.4) is 0 Å². The topological polar surface area (TPSA) is 111 Å². The largest absolute Gasteiger partial charge is 0.468 e. The van der Waals surface area contributed by atoms with Gasteiger partial charge in [-0.05, 0) is 36.4 Å². The summed E-state index contributed by atoms with van der Waals surface area (Å²) in [4.78, 5) is 33.1. The van der Waals surface area contributed by atoms with E-state index >= 15 is 0 Å². The third-order valence-electron chi connectivity index (χ3n) is 3.20. The quantitative estimate of drug-likeness (QED) is 0.471. The molecule has 0 radical (unpaired) electrons. The molecule has 0 saturated carbocycles. The molecule has 1 amide bonds. The van der Waals surface area contributed by atoms with Crippen molar-refractivity contribution in [1.82, 2.24) is 5.32 Å². The van der Waals surface area contributed by atoms with Gasteiger partial charge in [-0.3, -0.25) is 19.7 Å². The molecule has 0 bridgehead atoms. The second-order valence-electron chi connectivity index (χ2n) is 4.88. The van der Waals surface area contributed by atoms with Crippen molar-refractivity contribution >= 4 is 28.9 Å². The molecular weight excluding hydrogens is 333 g/mol. The van der Waals surface area contributed by atoms with Crippen molar-refractivity contribution in [3.8, 4) is 0 Å². The third kappa shape index (κ3) is 4.74. The molecule has 0 aliphatic heterocycles. The number of nitrogens with one attached hydrogen (secondary N) is 2. The number of hydrogen-bond donors (Lipinski definition) is 2. The summed E-state index contributed by atoms with van der Waals surface area (Å²) in [6.07, 6.45) is 0. The Kier molecular flexibility index (Phi) is 5.62. The Morgan fingerprint density at radius 3 is 2.48 bits per heavy atom. The summed E-state index contributed by atoms with van der Waals surface area (Å²) >= 11 is 0. The molecule has 25 heavy (non-hydrogen) atoms. The van der Waals surface area contributed by atoms with Gasteiger partial charge in [-0.2, -0.15) is 0 Å². The fourth-order valence-electron chi connectivity index (χ4n) is 1.95. The fraction of sp³-hybridized carbons (Fsp3) is 0.125. The van der Waals surface area contributed by atoms with Crippen molar-refractivity contribution < 1.29 is 23.6 Å². The number of rotatable bonds is 6. The number of nitrogens with zero attached hydrogens (tertiary/aromatic N) is 1. The lowest BCUT2D eigenvalue weighted by Crippen LogP contribution is -2.30. The molecule has 0 heterocycles. The van der Waals surface area contributed by atoms with E-state index in [4.69, 9.17) is 0 Å². The van der Waals surface area contributed by atoms with Crippen LogP contribution in [-0.4, -0.2) is 30.5 Å². The number of esters is 1. The van der Waals surface area contributed by atoms with Crippen LogP contribution < -0.4 is 10.6 Å². The summed E-state index contributed by atoms with van der Waals surface area (Å²) in [5.41, 5.74) is 0.483. The first kappa shape index (κ1) is 17.9. The van der Waals surface area contributed by atoms with Crippen LogP contribution in [0.5, 0.6) is 0 Å². The summed E-state index contributed by atoms with van der Waals surface area (Å²) in [7, 11) is 1.21. The number of amides is 1. The highest BCUT2D eigenvalue weighted by atomic mass is 19.1. The highest BCUT2D eigenvalue weighted by molar-refractivity contribution is 5.96. The van der Waals surface area contributed by atoms with E-state index < -0.39 is 28.3 Å². The minimum atomic E-state index is -0.713. The number of methoxy groups -OCH3 is 1. The van der Waals surface area contributed by atoms with Crippen molar-refractivity contribution in [3.05, 3.63) is 64.0 Å². The van der Waals surface area contributed by atoms with Crippen LogP contribution >= 0.6 is 0 Å². The Balaban J connectivity index is 2.09. The smallest absolute Gasteiger partial charge is 0.325 e. The van der Waals surface area contributed by atoms with Crippen molar-refractivity contribution in [1.29, 1.82) is 0 Å². The second kappa shape index (κ2) is 7.86. The number of carbonyl (C=O) groups excluding carboxylic acids is 2. The number of benzene rings is 2. The van der Waals surface area contributed by atoms with Crippen molar-refractivity contribution in [2.45, 2.75) is 0 Å². The average Bonchev–Trinajstić information content (AvgIpc) is 2.61. The van der Waals surface area contributed by atoms with Gasteiger partial charge in [0.1, 0.15) is 18.0 Å². The maximum absolute atomic E-state index is 13.1. The molecule has 0 aliphatic carbocycles. The van der Waals surface area contributed by atoms with Crippen LogP contribution in [0.15, 0.2) is 42.5 Å². The van der Waals surface area contributed by atoms with Gasteiger partial charge in [0, 0.05) is 11.3 Å². The van der Waals surface area contributed by atoms with Gasteiger partial charge in [-0.25, -0.2) is 4.39 Å². The predicted molar refractivity (Wildman–Crippen MR) is 87.1 cm³/mol. The van der Waals surface area contributed by atoms with Gasteiger partial charge in [-0.15, -0.1) is 0 Å². The molecular formula is C16H14FN3O5. The third-order valence-corrected chi connectivity index (χ3v) is 3.20. The average molecular weight is 347 g/mol. The highest BCUT2D eigenvalue weighted by Gasteiger charge is 2.15. The van der Waals surface area contributed by atoms with Crippen molar-refractivity contribution in [2.24, 2.45) is 0 Å². The maximum atomic E-state index is 13.1. The molecule has 2 aromatic carbocycles. The zero-order valence-electron chi connectivity index (χ0n) is 13.1. The van der Waals surface area contributed by atoms with Crippen LogP contribution in [0.1, 0.15) is 10.4 Å². The Morgan fingerprint density at radius 1 is 1.20 bits per heavy atom. The molecule has 2 N–H and O–H groups in total. The zero-order valence-corrected chi connectivity index (χ0v) is 13.1. The molecule has 9 heteroatoms. The first-order valence-corrected chi connectivity index (χ1v) is 7.06. The molecule has 0 spiro atoms. The Hall–Kier alpha value is -3.49. The first-order valence-electron chi connectivity index (χ1n) is 7.06. The van der Waals surface area contributed by atoms with E-state index in [9.17, 15) is 24.1 Å². The lowest BCUT2D eigenvalue weighted by atomic mass is 10.2. The Labute approximate surface area is 141 Å². The fourth-order valence-corrected chi connectivity index (χ4v) is 1.95. The molecule has 0 fully saturated rings. The number of hydrogen-bond acceptors (Lipinski definition) is 6. The minimum Gasteiger partial charge on any atom is -0.468 e. The number of carbonyl (C=O) groups is 2. The van der Waals surface area contributed by atoms with Gasteiger partial charge in [0.15, 0.2) is 0 Å². The SMILES string of the molecule is COC(=O)CNC(=O)c1ccc(Nc2ccc(F)cc2[N+](=O)[O-])cc1. The van der Waals surface area contributed by atoms with E-state index in [-0.39, 0.29) is 12.2 Å². The van der Waals surface area contributed by atoms with E-state index in [2.05, 4.69) is 15.4 Å². The normalized spacial score (nSPS) is 10.0. The molecule has 0 aromatic heterocycles. The number of nitro benzene ring substituents is 1. The lowest BCUT2D eigenvalue weighted by Gasteiger charge is -2.08. The van der Waals surface area contributed by atoms with Crippen LogP contribution in [-0.2, 0) is 9.53 Å². The molecule has 0 saturated heterocycles. The highest BCUT2D eigenvalue weighted by Crippen LogP contribution is 2.28. The molecule has 2 aromatic rings. The van der Waals surface area contributed by atoms with E-state index in [0.29, 0.717) is 11.3 Å². The number of anilines is 2. The predicted octanol–water partition coefficient (Wildman–Crippen LogP) is 2.38. The van der Waals surface area contributed by atoms with Crippen molar-refractivity contribution in [2.75, 3.05) is 19.0 Å². The van der Waals surface area contributed by atoms with Gasteiger partial charge in [0.05, 0.1) is 18.1 Å². The van der Waals surface area contributed by atoms with Crippen LogP contribution in [0, 0.1) is 15.9 Å². The number of ether oxygens (including phenoxy) is 1. The Morgan fingerprint density at radius 2 is 1.88 bits per heavy atom. The van der Waals surface area contributed by atoms with Crippen LogP contribution in [0.2, 0.25) is 0 Å². The first-order chi connectivity index (χ1) is 11.9. The molecule has 0 unspecified atom stereocenters. The monoisotopic (exact) mass is 347 g/mol. The molecule has 0 atom stereocenters. The lowest BCUT2D eigenvalue weighted by molar-refractivity contribution is -0.384. The summed E-state index contributed by atoms with van der Waals surface area (Å²) < 4.78 is 17.5. The molecule has 8 nitrogen and oxygen atoms in total. The van der Waals surface area contributed by atoms with Crippen LogP contribution in [0.4, 0.5) is 21.5 Å². The maximum Gasteiger partial charge on any atom is 0.325 e. The van der Waals surface area contributed by atoms with Gasteiger partial charge in [0.2, 0.25) is 0 Å². The van der Waals surface area contributed by atoms with Gasteiger partial charge >= 0.3 is 5.97 Å². The molecule has 2 rings (SSSR count). The Bertz CT molecular complexity index is 808. The summed E-state index contributed by atoms with van der Waals surface area (Å²) in [6.45, 7) is -0.253. The summed E-state index contributed by atoms with van der Waals surface area (Å²) in [5.74, 6) is -1.75. The molecule has 0 aliphatic rings. The second-order valence-corrected chi connectivity index (χ2v) is 4.88. The zero-order chi connectivity index (χ0) is 18.4. The summed E-state index contributed by atoms with van der Waals surface area (Å²) in [6, 6.07) is 9.18. The van der Waals surface area contributed by atoms with Crippen molar-refractivity contribution in [3.63, 3.8) is 0 Å². The summed E-state index contributed by atoms with van der Waals surface area (Å²) in [5, 5.41) is 16.1. The standard InChI is InChI=1S/C16H14FN3O5/c1-25-15(21)9-18-16(22)10-2-5-12(6-3-10)19-13-7-4-11(17)8-14(13)20(23)24/h2-8,19H,9H2,1H3,(H,18,22).